The number of aryl methyl sites for hydroxylation is 1. The number of likely N-dealkylation sites (tertiary alicyclic amines) is 1. The van der Waals surface area contributed by atoms with Crippen molar-refractivity contribution in [3.05, 3.63) is 69.5 Å². The van der Waals surface area contributed by atoms with Gasteiger partial charge in [0.25, 0.3) is 0 Å². The Morgan fingerprint density at radius 1 is 1.13 bits per heavy atom. The molecule has 3 amide bonds. The van der Waals surface area contributed by atoms with Crippen LogP contribution in [0, 0.1) is 16.7 Å². The summed E-state index contributed by atoms with van der Waals surface area (Å²) in [6, 6.07) is 16.5. The van der Waals surface area contributed by atoms with Crippen LogP contribution in [0.15, 0.2) is 59.1 Å². The monoisotopic (exact) mass is 593 g/mol. The second-order valence-corrected chi connectivity index (χ2v) is 13.0. The molecular formula is C30H32BrN3O3S. The first-order valence-corrected chi connectivity index (χ1v) is 14.7. The molecule has 2 aliphatic rings. The fourth-order valence-electron chi connectivity index (χ4n) is 5.95. The number of carbonyl (C=O) groups excluding carboxylic acids is 3. The Labute approximate surface area is 236 Å². The number of anilines is 1. The number of thiazole rings is 1. The lowest BCUT2D eigenvalue weighted by Gasteiger charge is -2.49. The molecule has 0 radical (unpaired) electrons. The lowest BCUT2D eigenvalue weighted by Crippen LogP contribution is -2.64. The summed E-state index contributed by atoms with van der Waals surface area (Å²) >= 11 is 4.90. The highest BCUT2D eigenvalue weighted by Crippen LogP contribution is 2.60. The smallest absolute Gasteiger partial charge is 0.249 e. The average molecular weight is 595 g/mol. The van der Waals surface area contributed by atoms with Crippen molar-refractivity contribution in [1.82, 2.24) is 9.88 Å². The lowest BCUT2D eigenvalue weighted by molar-refractivity contribution is -0.172. The van der Waals surface area contributed by atoms with Crippen LogP contribution < -0.4 is 5.32 Å². The van der Waals surface area contributed by atoms with E-state index in [1.165, 1.54) is 16.2 Å². The highest BCUT2D eigenvalue weighted by Gasteiger charge is 2.65. The van der Waals surface area contributed by atoms with Crippen LogP contribution in [0.5, 0.6) is 0 Å². The van der Waals surface area contributed by atoms with Crippen LogP contribution >= 0.6 is 27.3 Å². The van der Waals surface area contributed by atoms with E-state index in [2.05, 4.69) is 28.2 Å². The van der Waals surface area contributed by atoms with Crippen molar-refractivity contribution in [1.29, 1.82) is 0 Å². The highest BCUT2D eigenvalue weighted by atomic mass is 79.9. The number of benzene rings is 2. The van der Waals surface area contributed by atoms with E-state index in [4.69, 9.17) is 4.98 Å². The van der Waals surface area contributed by atoms with Crippen molar-refractivity contribution >= 4 is 50.1 Å². The van der Waals surface area contributed by atoms with Crippen LogP contribution in [0.1, 0.15) is 51.0 Å². The minimum Gasteiger partial charge on any atom is -0.300 e. The fraction of sp³-hybridized carbons (Fsp3) is 0.400. The lowest BCUT2D eigenvalue weighted by atomic mass is 9.62. The average Bonchev–Trinajstić information content (AvgIpc) is 3.38. The predicted octanol–water partition coefficient (Wildman–Crippen LogP) is 6.50. The molecule has 2 fully saturated rings. The third-order valence-electron chi connectivity index (χ3n) is 8.71. The number of aromatic nitrogens is 1. The summed E-state index contributed by atoms with van der Waals surface area (Å²) in [5, 5.41) is 3.44. The van der Waals surface area contributed by atoms with Crippen LogP contribution in [0.4, 0.5) is 5.13 Å². The number of halogens is 1. The van der Waals surface area contributed by atoms with Crippen molar-refractivity contribution in [2.45, 2.75) is 59.4 Å². The molecule has 0 spiro atoms. The minimum atomic E-state index is -0.960. The number of carbonyl (C=O) groups is 3. The maximum absolute atomic E-state index is 13.9. The molecule has 2 bridgehead atoms. The van der Waals surface area contributed by atoms with Gasteiger partial charge in [0.15, 0.2) is 5.13 Å². The number of amides is 3. The Bertz CT molecular complexity index is 1390. The number of nitrogens with zero attached hydrogens (tertiary/aromatic N) is 2. The topological polar surface area (TPSA) is 79.4 Å². The molecule has 198 valence electrons. The van der Waals surface area contributed by atoms with Crippen molar-refractivity contribution in [2.24, 2.45) is 16.7 Å². The minimum absolute atomic E-state index is 0.241. The molecule has 1 aliphatic heterocycles. The van der Waals surface area contributed by atoms with Crippen molar-refractivity contribution in [3.8, 4) is 11.3 Å². The first-order valence-electron chi connectivity index (χ1n) is 13.0. The van der Waals surface area contributed by atoms with Gasteiger partial charge in [-0.3, -0.25) is 19.3 Å². The molecule has 1 saturated carbocycles. The van der Waals surface area contributed by atoms with Crippen LogP contribution in [-0.2, 0) is 27.2 Å². The second-order valence-electron chi connectivity index (χ2n) is 11.0. The first kappa shape index (κ1) is 26.8. The third-order valence-corrected chi connectivity index (χ3v) is 10.3. The zero-order valence-corrected chi connectivity index (χ0v) is 24.5. The van der Waals surface area contributed by atoms with Crippen molar-refractivity contribution < 1.29 is 14.4 Å². The van der Waals surface area contributed by atoms with Gasteiger partial charge in [0.2, 0.25) is 17.7 Å². The fourth-order valence-corrected chi connectivity index (χ4v) is 7.14. The number of nitrogens with one attached hydrogen (secondary N) is 1. The van der Waals surface area contributed by atoms with E-state index in [-0.39, 0.29) is 24.2 Å². The number of imide groups is 1. The maximum Gasteiger partial charge on any atom is 0.249 e. The van der Waals surface area contributed by atoms with E-state index in [1.54, 1.807) is 0 Å². The van der Waals surface area contributed by atoms with E-state index >= 15 is 0 Å². The van der Waals surface area contributed by atoms with E-state index in [9.17, 15) is 14.4 Å². The molecule has 2 aromatic carbocycles. The van der Waals surface area contributed by atoms with Crippen LogP contribution in [0.25, 0.3) is 11.3 Å². The molecule has 6 nitrogen and oxygen atoms in total. The molecule has 3 aromatic rings. The summed E-state index contributed by atoms with van der Waals surface area (Å²) in [4.78, 5) is 48.7. The SMILES string of the molecule is CCc1sc(NC(=O)C(Cc2ccccc2)N2C(=O)C3CCC(C)(C2=O)C3(C)C)nc1-c1ccc(Br)cc1. The van der Waals surface area contributed by atoms with Gasteiger partial charge >= 0.3 is 0 Å². The van der Waals surface area contributed by atoms with Gasteiger partial charge in [-0.15, -0.1) is 11.3 Å². The molecule has 1 saturated heterocycles. The summed E-state index contributed by atoms with van der Waals surface area (Å²) in [7, 11) is 0. The number of rotatable bonds is 7. The molecule has 38 heavy (non-hydrogen) atoms. The van der Waals surface area contributed by atoms with Gasteiger partial charge in [0.1, 0.15) is 6.04 Å². The Morgan fingerprint density at radius 3 is 2.47 bits per heavy atom. The molecule has 2 heterocycles. The first-order chi connectivity index (χ1) is 18.1. The third kappa shape index (κ3) is 4.41. The molecule has 1 N–H and O–H groups in total. The summed E-state index contributed by atoms with van der Waals surface area (Å²) in [5.41, 5.74) is 1.55. The van der Waals surface area contributed by atoms with Gasteiger partial charge in [-0.25, -0.2) is 4.98 Å². The van der Waals surface area contributed by atoms with Crippen molar-refractivity contribution in [3.63, 3.8) is 0 Å². The Morgan fingerprint density at radius 2 is 1.82 bits per heavy atom. The molecule has 1 aromatic heterocycles. The van der Waals surface area contributed by atoms with E-state index < -0.39 is 22.8 Å². The zero-order chi connectivity index (χ0) is 27.2. The largest absolute Gasteiger partial charge is 0.300 e. The molecule has 3 unspecified atom stereocenters. The molecule has 5 rings (SSSR count). The normalized spacial score (nSPS) is 23.0. The van der Waals surface area contributed by atoms with E-state index in [0.717, 1.165) is 32.6 Å². The Hall–Kier alpha value is -2.84. The molecule has 3 atom stereocenters. The molecule has 8 heteroatoms. The summed E-state index contributed by atoms with van der Waals surface area (Å²) in [6.45, 7) is 8.03. The molecule has 1 aliphatic carbocycles. The number of hydrogen-bond donors (Lipinski definition) is 1. The summed E-state index contributed by atoms with van der Waals surface area (Å²) < 4.78 is 0.980. The number of piperidine rings is 1. The molecular weight excluding hydrogens is 562 g/mol. The summed E-state index contributed by atoms with van der Waals surface area (Å²) in [6.07, 6.45) is 2.32. The van der Waals surface area contributed by atoms with Crippen LogP contribution in [0.3, 0.4) is 0 Å². The second kappa shape index (κ2) is 10.0. The standard InChI is InChI=1S/C30H32BrN3O3S/c1-5-23-24(19-11-13-20(31)14-12-19)32-28(38-23)33-25(35)22(17-18-9-7-6-8-10-18)34-26(36)21-15-16-30(4,27(34)37)29(21,2)3/h6-14,21-22H,5,15-17H2,1-4H3,(H,32,33,35). The Balaban J connectivity index is 1.49. The van der Waals surface area contributed by atoms with Gasteiger partial charge in [0, 0.05) is 27.3 Å². The Kier molecular flexibility index (Phi) is 7.07. The van der Waals surface area contributed by atoms with Gasteiger partial charge in [-0.05, 0) is 42.4 Å². The quantitative estimate of drug-likeness (QED) is 0.317. The van der Waals surface area contributed by atoms with Crippen LogP contribution in [-0.4, -0.2) is 33.6 Å². The highest BCUT2D eigenvalue weighted by molar-refractivity contribution is 9.10. The maximum atomic E-state index is 13.9. The number of fused-ring (bicyclic) bond motifs is 2. The summed E-state index contributed by atoms with van der Waals surface area (Å²) in [5.74, 6) is -1.17. The van der Waals surface area contributed by atoms with E-state index in [1.807, 2.05) is 75.4 Å². The van der Waals surface area contributed by atoms with E-state index in [0.29, 0.717) is 18.0 Å². The van der Waals surface area contributed by atoms with Gasteiger partial charge in [-0.2, -0.15) is 0 Å². The van der Waals surface area contributed by atoms with Crippen molar-refractivity contribution in [2.75, 3.05) is 5.32 Å². The zero-order valence-electron chi connectivity index (χ0n) is 22.1. The van der Waals surface area contributed by atoms with Crippen LogP contribution in [0.2, 0.25) is 0 Å². The number of hydrogen-bond acceptors (Lipinski definition) is 5. The van der Waals surface area contributed by atoms with Gasteiger partial charge in [0.05, 0.1) is 11.1 Å². The van der Waals surface area contributed by atoms with Gasteiger partial charge in [-0.1, -0.05) is 86.1 Å². The van der Waals surface area contributed by atoms with Gasteiger partial charge < -0.3 is 5.32 Å². The predicted molar refractivity (Wildman–Crippen MR) is 154 cm³/mol.